The Morgan fingerprint density at radius 1 is 0.846 bits per heavy atom. The highest BCUT2D eigenvalue weighted by Crippen LogP contribution is 2.35. The van der Waals surface area contributed by atoms with Gasteiger partial charge in [-0.1, -0.05) is 36.4 Å². The molecule has 4 aromatic rings. The van der Waals surface area contributed by atoms with E-state index in [0.717, 1.165) is 17.5 Å². The number of carbonyl (C=O) groups excluding carboxylic acids is 1. The molecule has 0 aliphatic carbocycles. The Kier molecular flexibility index (Phi) is 8.83. The Balaban J connectivity index is 1.63. The van der Waals surface area contributed by atoms with Crippen molar-refractivity contribution in [3.05, 3.63) is 78.4 Å². The number of rotatable bonds is 13. The van der Waals surface area contributed by atoms with Crippen LogP contribution >= 0.6 is 0 Å². The second-order valence-corrected chi connectivity index (χ2v) is 12.0. The van der Waals surface area contributed by atoms with Gasteiger partial charge in [-0.25, -0.2) is 22.0 Å². The molecule has 0 bridgehead atoms. The number of Topliss-reactive ketones (excluding diaryl/α,β-unsaturated/α-hetero) is 1. The molecule has 0 saturated heterocycles. The third-order valence-corrected chi connectivity index (χ3v) is 8.49. The lowest BCUT2D eigenvalue weighted by Gasteiger charge is -2.13. The van der Waals surface area contributed by atoms with Gasteiger partial charge in [0.25, 0.3) is 0 Å². The highest BCUT2D eigenvalue weighted by atomic mass is 32.2. The number of methoxy groups -OCH3 is 1. The number of fused-ring (bicyclic) bond motifs is 1. The third kappa shape index (κ3) is 6.91. The molecule has 0 aliphatic rings. The maximum Gasteiger partial charge on any atom is 0.239 e. The smallest absolute Gasteiger partial charge is 0.239 e. The summed E-state index contributed by atoms with van der Waals surface area (Å²) in [5.74, 6) is -0.933. The van der Waals surface area contributed by atoms with Gasteiger partial charge in [0, 0.05) is 18.1 Å². The van der Waals surface area contributed by atoms with Crippen molar-refractivity contribution in [2.45, 2.75) is 9.79 Å². The Hall–Kier alpha value is -3.55. The zero-order chi connectivity index (χ0) is 28.0. The predicted molar refractivity (Wildman–Crippen MR) is 144 cm³/mol. The molecule has 3 aromatic carbocycles. The number of sulfonamides is 1. The third-order valence-electron chi connectivity index (χ3n) is 5.72. The molecule has 10 nitrogen and oxygen atoms in total. The van der Waals surface area contributed by atoms with E-state index in [0.29, 0.717) is 30.1 Å². The zero-order valence-electron chi connectivity index (χ0n) is 21.0. The molecule has 39 heavy (non-hydrogen) atoms. The molecule has 12 heteroatoms. The van der Waals surface area contributed by atoms with Crippen molar-refractivity contribution in [2.24, 2.45) is 5.14 Å². The molecule has 1 heterocycles. The summed E-state index contributed by atoms with van der Waals surface area (Å²) in [5.41, 5.74) is 1.28. The lowest BCUT2D eigenvalue weighted by atomic mass is 10.1. The number of hydrogen-bond acceptors (Lipinski definition) is 9. The quantitative estimate of drug-likeness (QED) is 0.187. The summed E-state index contributed by atoms with van der Waals surface area (Å²) in [6.07, 6.45) is 0. The SMILES string of the molecule is COCCOCCOc1cc(C(=O)CS(=O)(=O)c2ccccc2S(N)(=O)=O)ccc1-c1cc2ccccc2o1. The molecule has 1 aromatic heterocycles. The number of benzene rings is 3. The summed E-state index contributed by atoms with van der Waals surface area (Å²) < 4.78 is 72.2. The van der Waals surface area contributed by atoms with E-state index in [1.807, 2.05) is 30.3 Å². The average molecular weight is 574 g/mol. The van der Waals surface area contributed by atoms with E-state index in [1.165, 1.54) is 24.3 Å². The first-order valence-corrected chi connectivity index (χ1v) is 15.0. The second-order valence-electron chi connectivity index (χ2n) is 8.49. The van der Waals surface area contributed by atoms with E-state index in [1.54, 1.807) is 13.2 Å². The molecule has 0 radical (unpaired) electrons. The van der Waals surface area contributed by atoms with E-state index in [4.69, 9.17) is 23.8 Å². The van der Waals surface area contributed by atoms with Crippen LogP contribution in [0, 0.1) is 0 Å². The van der Waals surface area contributed by atoms with Crippen LogP contribution in [0.2, 0.25) is 0 Å². The van der Waals surface area contributed by atoms with Gasteiger partial charge in [0.2, 0.25) is 10.0 Å². The summed E-state index contributed by atoms with van der Waals surface area (Å²) in [5, 5.41) is 6.06. The van der Waals surface area contributed by atoms with Crippen molar-refractivity contribution in [3.63, 3.8) is 0 Å². The molecule has 0 saturated carbocycles. The Labute approximate surface area is 226 Å². The molecular formula is C27H27NO9S2. The van der Waals surface area contributed by atoms with Crippen molar-refractivity contribution in [3.8, 4) is 17.1 Å². The molecule has 2 N–H and O–H groups in total. The fourth-order valence-corrected chi connectivity index (χ4v) is 6.54. The first kappa shape index (κ1) is 28.5. The summed E-state index contributed by atoms with van der Waals surface area (Å²) in [6, 6.07) is 18.7. The van der Waals surface area contributed by atoms with Crippen molar-refractivity contribution in [1.29, 1.82) is 0 Å². The van der Waals surface area contributed by atoms with Crippen LogP contribution in [-0.4, -0.2) is 61.9 Å². The number of ketones is 1. The molecule has 0 spiro atoms. The molecule has 0 fully saturated rings. The van der Waals surface area contributed by atoms with E-state index < -0.39 is 41.2 Å². The number of hydrogen-bond donors (Lipinski definition) is 1. The predicted octanol–water partition coefficient (Wildman–Crippen LogP) is 3.45. The van der Waals surface area contributed by atoms with Crippen LogP contribution in [0.15, 0.2) is 87.0 Å². The summed E-state index contributed by atoms with van der Waals surface area (Å²) in [4.78, 5) is 12.0. The van der Waals surface area contributed by atoms with E-state index in [2.05, 4.69) is 0 Å². The van der Waals surface area contributed by atoms with Crippen LogP contribution in [0.5, 0.6) is 5.75 Å². The average Bonchev–Trinajstić information content (AvgIpc) is 3.34. The maximum absolute atomic E-state index is 13.1. The van der Waals surface area contributed by atoms with Gasteiger partial charge in [-0.05, 0) is 36.4 Å². The van der Waals surface area contributed by atoms with Gasteiger partial charge >= 0.3 is 0 Å². The van der Waals surface area contributed by atoms with Gasteiger partial charge in [-0.3, -0.25) is 4.79 Å². The number of ether oxygens (including phenoxy) is 3. The summed E-state index contributed by atoms with van der Waals surface area (Å²) >= 11 is 0. The van der Waals surface area contributed by atoms with Crippen LogP contribution in [-0.2, 0) is 29.3 Å². The summed E-state index contributed by atoms with van der Waals surface area (Å²) in [6.45, 7) is 1.21. The Morgan fingerprint density at radius 3 is 2.26 bits per heavy atom. The standard InChI is InChI=1S/C27H27NO9S2/c1-34-12-13-35-14-15-36-24-16-19(10-11-21(24)25-17-20-6-2-3-7-23(20)37-25)22(29)18-38(30,31)26-8-4-5-9-27(26)39(28,32)33/h2-11,16-17H,12-15,18H2,1H3,(H2,28,32,33). The fourth-order valence-electron chi connectivity index (χ4n) is 3.86. The van der Waals surface area contributed by atoms with Gasteiger partial charge in [-0.2, -0.15) is 0 Å². The largest absolute Gasteiger partial charge is 0.490 e. The molecule has 4 rings (SSSR count). The number of sulfone groups is 1. The number of primary sulfonamides is 1. The minimum absolute atomic E-state index is 0.0572. The highest BCUT2D eigenvalue weighted by Gasteiger charge is 2.27. The van der Waals surface area contributed by atoms with E-state index >= 15 is 0 Å². The van der Waals surface area contributed by atoms with Gasteiger partial charge in [0.15, 0.2) is 15.6 Å². The maximum atomic E-state index is 13.1. The van der Waals surface area contributed by atoms with Gasteiger partial charge in [0.05, 0.1) is 30.3 Å². The van der Waals surface area contributed by atoms with E-state index in [9.17, 15) is 21.6 Å². The Bertz CT molecular complexity index is 1660. The monoisotopic (exact) mass is 573 g/mol. The number of furan rings is 1. The number of nitrogens with two attached hydrogens (primary N) is 1. The van der Waals surface area contributed by atoms with Gasteiger partial charge < -0.3 is 18.6 Å². The fraction of sp³-hybridized carbons (Fsp3) is 0.222. The van der Waals surface area contributed by atoms with Crippen LogP contribution < -0.4 is 9.88 Å². The van der Waals surface area contributed by atoms with Gasteiger partial charge in [0.1, 0.15) is 34.3 Å². The van der Waals surface area contributed by atoms with Crippen LogP contribution in [0.3, 0.4) is 0 Å². The molecule has 0 unspecified atom stereocenters. The first-order chi connectivity index (χ1) is 18.6. The number of para-hydroxylation sites is 1. The zero-order valence-corrected chi connectivity index (χ0v) is 22.7. The van der Waals surface area contributed by atoms with E-state index in [-0.39, 0.29) is 24.5 Å². The lowest BCUT2D eigenvalue weighted by molar-refractivity contribution is 0.0545. The summed E-state index contributed by atoms with van der Waals surface area (Å²) in [7, 11) is -7.11. The number of carbonyl (C=O) groups is 1. The topological polar surface area (TPSA) is 152 Å². The van der Waals surface area contributed by atoms with Crippen molar-refractivity contribution >= 4 is 36.6 Å². The van der Waals surface area contributed by atoms with Crippen LogP contribution in [0.25, 0.3) is 22.3 Å². The molecule has 0 atom stereocenters. The van der Waals surface area contributed by atoms with Crippen molar-refractivity contribution in [1.82, 2.24) is 0 Å². The highest BCUT2D eigenvalue weighted by molar-refractivity contribution is 7.94. The van der Waals surface area contributed by atoms with Gasteiger partial charge in [-0.15, -0.1) is 0 Å². The Morgan fingerprint density at radius 2 is 1.54 bits per heavy atom. The van der Waals surface area contributed by atoms with Crippen molar-refractivity contribution in [2.75, 3.05) is 39.3 Å². The minimum Gasteiger partial charge on any atom is -0.490 e. The molecule has 0 amide bonds. The lowest BCUT2D eigenvalue weighted by Crippen LogP contribution is -2.21. The normalized spacial score (nSPS) is 12.1. The second kappa shape index (κ2) is 12.1. The van der Waals surface area contributed by atoms with Crippen LogP contribution in [0.1, 0.15) is 10.4 Å². The minimum atomic E-state index is -4.34. The van der Waals surface area contributed by atoms with Crippen LogP contribution in [0.4, 0.5) is 0 Å². The molecule has 206 valence electrons. The molecular weight excluding hydrogens is 546 g/mol. The molecule has 0 aliphatic heterocycles. The first-order valence-electron chi connectivity index (χ1n) is 11.8. The van der Waals surface area contributed by atoms with Crippen molar-refractivity contribution < 1.29 is 40.3 Å².